The SMILES string of the molecule is N#Cc1ccnc(NCC2CCC(C(=O)O)O2)c1[N+](=O)[O-]. The first-order chi connectivity index (χ1) is 10.0. The lowest BCUT2D eigenvalue weighted by atomic mass is 10.2. The number of aliphatic carboxylic acids is 1. The summed E-state index contributed by atoms with van der Waals surface area (Å²) >= 11 is 0. The third-order valence-corrected chi connectivity index (χ3v) is 3.11. The lowest BCUT2D eigenvalue weighted by molar-refractivity contribution is -0.384. The van der Waals surface area contributed by atoms with E-state index < -0.39 is 22.7 Å². The molecule has 1 aromatic rings. The molecule has 2 rings (SSSR count). The van der Waals surface area contributed by atoms with Crippen molar-refractivity contribution in [2.75, 3.05) is 11.9 Å². The Bertz CT molecular complexity index is 612. The van der Waals surface area contributed by atoms with Crippen molar-refractivity contribution in [1.82, 2.24) is 4.98 Å². The van der Waals surface area contributed by atoms with Gasteiger partial charge in [-0.15, -0.1) is 0 Å². The van der Waals surface area contributed by atoms with Crippen LogP contribution in [0.3, 0.4) is 0 Å². The van der Waals surface area contributed by atoms with Crippen molar-refractivity contribution in [3.05, 3.63) is 27.9 Å². The summed E-state index contributed by atoms with van der Waals surface area (Å²) in [5.74, 6) is -1.05. The van der Waals surface area contributed by atoms with Crippen molar-refractivity contribution >= 4 is 17.5 Å². The number of hydrogen-bond donors (Lipinski definition) is 2. The number of nitrogens with zero attached hydrogens (tertiary/aromatic N) is 3. The van der Waals surface area contributed by atoms with Crippen molar-refractivity contribution in [1.29, 1.82) is 5.26 Å². The highest BCUT2D eigenvalue weighted by Crippen LogP contribution is 2.27. The van der Waals surface area contributed by atoms with Crippen molar-refractivity contribution in [2.24, 2.45) is 0 Å². The summed E-state index contributed by atoms with van der Waals surface area (Å²) in [4.78, 5) is 24.9. The molecule has 0 saturated carbocycles. The molecular formula is C12H12N4O5. The molecule has 0 aromatic carbocycles. The van der Waals surface area contributed by atoms with E-state index in [1.165, 1.54) is 12.3 Å². The van der Waals surface area contributed by atoms with Gasteiger partial charge >= 0.3 is 11.7 Å². The molecule has 9 nitrogen and oxygen atoms in total. The molecular weight excluding hydrogens is 280 g/mol. The van der Waals surface area contributed by atoms with E-state index in [-0.39, 0.29) is 24.0 Å². The molecule has 0 amide bonds. The minimum absolute atomic E-state index is 0.0265. The fourth-order valence-electron chi connectivity index (χ4n) is 2.11. The standard InChI is InChI=1S/C12H12N4O5/c13-5-7-3-4-14-11(10(7)16(19)20)15-6-8-1-2-9(21-8)12(17)18/h3-4,8-9H,1-2,6H2,(H,14,15)(H,17,18). The Balaban J connectivity index is 2.06. The lowest BCUT2D eigenvalue weighted by Crippen LogP contribution is -2.25. The molecule has 0 aliphatic carbocycles. The molecule has 2 N–H and O–H groups in total. The maximum Gasteiger partial charge on any atom is 0.332 e. The zero-order chi connectivity index (χ0) is 15.4. The molecule has 1 aromatic heterocycles. The second-order valence-electron chi connectivity index (χ2n) is 4.47. The van der Waals surface area contributed by atoms with Crippen LogP contribution in [-0.2, 0) is 9.53 Å². The highest BCUT2D eigenvalue weighted by atomic mass is 16.6. The molecule has 2 unspecified atom stereocenters. The van der Waals surface area contributed by atoms with Crippen LogP contribution >= 0.6 is 0 Å². The van der Waals surface area contributed by atoms with Crippen LogP contribution in [0.25, 0.3) is 0 Å². The summed E-state index contributed by atoms with van der Waals surface area (Å²) in [5, 5.41) is 31.4. The van der Waals surface area contributed by atoms with E-state index in [1.54, 1.807) is 6.07 Å². The first-order valence-corrected chi connectivity index (χ1v) is 6.18. The summed E-state index contributed by atoms with van der Waals surface area (Å²) in [6.45, 7) is 0.187. The Morgan fingerprint density at radius 1 is 1.67 bits per heavy atom. The number of nitro groups is 1. The molecule has 0 spiro atoms. The van der Waals surface area contributed by atoms with Gasteiger partial charge in [0.05, 0.1) is 11.0 Å². The number of carboxylic acid groups (broad SMARTS) is 1. The number of ether oxygens (including phenoxy) is 1. The normalized spacial score (nSPS) is 20.7. The summed E-state index contributed by atoms with van der Waals surface area (Å²) in [5.41, 5.74) is -0.485. The summed E-state index contributed by atoms with van der Waals surface area (Å²) in [6, 6.07) is 3.00. The van der Waals surface area contributed by atoms with Crippen LogP contribution in [0.4, 0.5) is 11.5 Å². The van der Waals surface area contributed by atoms with E-state index in [4.69, 9.17) is 15.1 Å². The number of anilines is 1. The summed E-state index contributed by atoms with van der Waals surface area (Å²) in [7, 11) is 0. The number of nitrogens with one attached hydrogen (secondary N) is 1. The van der Waals surface area contributed by atoms with Crippen molar-refractivity contribution < 1.29 is 19.6 Å². The minimum Gasteiger partial charge on any atom is -0.479 e. The Morgan fingerprint density at radius 3 is 3.00 bits per heavy atom. The molecule has 21 heavy (non-hydrogen) atoms. The summed E-state index contributed by atoms with van der Waals surface area (Å²) in [6.07, 6.45) is 1.03. The van der Waals surface area contributed by atoms with Gasteiger partial charge in [-0.3, -0.25) is 10.1 Å². The molecule has 9 heteroatoms. The number of carbonyl (C=O) groups is 1. The van der Waals surface area contributed by atoms with Crippen LogP contribution in [0, 0.1) is 21.4 Å². The van der Waals surface area contributed by atoms with Crippen LogP contribution in [0.2, 0.25) is 0 Å². The van der Waals surface area contributed by atoms with Crippen LogP contribution < -0.4 is 5.32 Å². The molecule has 1 aliphatic heterocycles. The Labute approximate surface area is 119 Å². The predicted molar refractivity (Wildman–Crippen MR) is 69.6 cm³/mol. The van der Waals surface area contributed by atoms with E-state index in [0.29, 0.717) is 12.8 Å². The molecule has 1 fully saturated rings. The molecule has 110 valence electrons. The average molecular weight is 292 g/mol. The zero-order valence-corrected chi connectivity index (χ0v) is 10.9. The van der Waals surface area contributed by atoms with Gasteiger partial charge in [0.1, 0.15) is 11.6 Å². The van der Waals surface area contributed by atoms with Gasteiger partial charge in [-0.05, 0) is 18.9 Å². The van der Waals surface area contributed by atoms with Crippen LogP contribution in [0.5, 0.6) is 0 Å². The minimum atomic E-state index is -1.02. The van der Waals surface area contributed by atoms with E-state index in [1.807, 2.05) is 0 Å². The topological polar surface area (TPSA) is 138 Å². The third kappa shape index (κ3) is 3.24. The quantitative estimate of drug-likeness (QED) is 0.603. The molecule has 2 heterocycles. The smallest absolute Gasteiger partial charge is 0.332 e. The first-order valence-electron chi connectivity index (χ1n) is 6.18. The summed E-state index contributed by atoms with van der Waals surface area (Å²) < 4.78 is 5.28. The number of aromatic nitrogens is 1. The first kappa shape index (κ1) is 14.7. The van der Waals surface area contributed by atoms with Gasteiger partial charge in [0, 0.05) is 12.7 Å². The van der Waals surface area contributed by atoms with Crippen LogP contribution in [0.15, 0.2) is 12.3 Å². The van der Waals surface area contributed by atoms with Crippen LogP contribution in [0.1, 0.15) is 18.4 Å². The Hall–Kier alpha value is -2.73. The highest BCUT2D eigenvalue weighted by Gasteiger charge is 2.31. The van der Waals surface area contributed by atoms with Gasteiger partial charge < -0.3 is 15.2 Å². The second-order valence-corrected chi connectivity index (χ2v) is 4.47. The molecule has 1 aliphatic rings. The van der Waals surface area contributed by atoms with Crippen molar-refractivity contribution in [2.45, 2.75) is 25.0 Å². The fourth-order valence-corrected chi connectivity index (χ4v) is 2.11. The zero-order valence-electron chi connectivity index (χ0n) is 10.9. The monoisotopic (exact) mass is 292 g/mol. The van der Waals surface area contributed by atoms with E-state index >= 15 is 0 Å². The molecule has 0 bridgehead atoms. The van der Waals surface area contributed by atoms with Crippen molar-refractivity contribution in [3.8, 4) is 6.07 Å². The Morgan fingerprint density at radius 2 is 2.43 bits per heavy atom. The largest absolute Gasteiger partial charge is 0.479 e. The maximum absolute atomic E-state index is 11.0. The number of rotatable bonds is 5. The van der Waals surface area contributed by atoms with Gasteiger partial charge in [0.15, 0.2) is 6.10 Å². The Kier molecular flexibility index (Phi) is 4.30. The number of pyridine rings is 1. The molecule has 0 radical (unpaired) electrons. The van der Waals surface area contributed by atoms with Gasteiger partial charge in [-0.25, -0.2) is 9.78 Å². The van der Waals surface area contributed by atoms with Crippen LogP contribution in [-0.4, -0.2) is 39.7 Å². The van der Waals surface area contributed by atoms with E-state index in [0.717, 1.165) is 0 Å². The molecule has 1 saturated heterocycles. The third-order valence-electron chi connectivity index (χ3n) is 3.11. The van der Waals surface area contributed by atoms with E-state index in [2.05, 4.69) is 10.3 Å². The second kappa shape index (κ2) is 6.15. The predicted octanol–water partition coefficient (Wildman–Crippen LogP) is 0.906. The fraction of sp³-hybridized carbons (Fsp3) is 0.417. The number of nitriles is 1. The average Bonchev–Trinajstić information content (AvgIpc) is 2.93. The van der Waals surface area contributed by atoms with Gasteiger partial charge in [0.25, 0.3) is 0 Å². The number of hydrogen-bond acceptors (Lipinski definition) is 7. The van der Waals surface area contributed by atoms with Crippen molar-refractivity contribution in [3.63, 3.8) is 0 Å². The highest BCUT2D eigenvalue weighted by molar-refractivity contribution is 5.72. The maximum atomic E-state index is 11.0. The molecule has 2 atom stereocenters. The van der Waals surface area contributed by atoms with E-state index in [9.17, 15) is 14.9 Å². The number of carboxylic acids is 1. The lowest BCUT2D eigenvalue weighted by Gasteiger charge is -2.12. The van der Waals surface area contributed by atoms with Gasteiger partial charge in [-0.2, -0.15) is 5.26 Å². The van der Waals surface area contributed by atoms with Gasteiger partial charge in [0.2, 0.25) is 5.82 Å². The van der Waals surface area contributed by atoms with Gasteiger partial charge in [-0.1, -0.05) is 0 Å².